The fourth-order valence-corrected chi connectivity index (χ4v) is 4.71. The summed E-state index contributed by atoms with van der Waals surface area (Å²) in [7, 11) is 0. The number of H-pyrrole nitrogens is 1. The molecule has 0 aliphatic heterocycles. The molecule has 3 aromatic carbocycles. The number of anilines is 1. The predicted molar refractivity (Wildman–Crippen MR) is 140 cm³/mol. The van der Waals surface area contributed by atoms with Gasteiger partial charge in [0.15, 0.2) is 0 Å². The fourth-order valence-electron chi connectivity index (χ4n) is 4.59. The van der Waals surface area contributed by atoms with Crippen LogP contribution in [0.5, 0.6) is 0 Å². The van der Waals surface area contributed by atoms with Crippen molar-refractivity contribution >= 4 is 40.1 Å². The van der Waals surface area contributed by atoms with Crippen molar-refractivity contribution in [3.8, 4) is 11.4 Å². The van der Waals surface area contributed by atoms with Gasteiger partial charge in [-0.1, -0.05) is 31.4 Å². The molecule has 35 heavy (non-hydrogen) atoms. The Morgan fingerprint density at radius 3 is 2.37 bits per heavy atom. The number of fused-ring (bicyclic) bond motifs is 1. The maximum Gasteiger partial charge on any atom is 0.255 e. The number of hydrogen-bond acceptors (Lipinski definition) is 3. The van der Waals surface area contributed by atoms with E-state index >= 15 is 0 Å². The smallest absolute Gasteiger partial charge is 0.255 e. The highest BCUT2D eigenvalue weighted by molar-refractivity contribution is 6.30. The summed E-state index contributed by atoms with van der Waals surface area (Å²) in [6.07, 6.45) is 4.62. The van der Waals surface area contributed by atoms with Crippen LogP contribution < -0.4 is 10.6 Å². The lowest BCUT2D eigenvalue weighted by atomic mass is 9.86. The van der Waals surface area contributed by atoms with E-state index in [-0.39, 0.29) is 17.9 Å². The molecule has 1 heterocycles. The molecule has 2 amide bonds. The monoisotopic (exact) mass is 486 g/mol. The zero-order valence-electron chi connectivity index (χ0n) is 19.5. The van der Waals surface area contributed by atoms with Gasteiger partial charge in [0.05, 0.1) is 11.0 Å². The average molecular weight is 487 g/mol. The van der Waals surface area contributed by atoms with Gasteiger partial charge in [-0.3, -0.25) is 9.59 Å². The number of carbonyl (C=O) groups is 2. The summed E-state index contributed by atoms with van der Waals surface area (Å²) >= 11 is 5.89. The van der Waals surface area contributed by atoms with E-state index in [1.807, 2.05) is 42.5 Å². The van der Waals surface area contributed by atoms with Gasteiger partial charge < -0.3 is 15.6 Å². The van der Waals surface area contributed by atoms with E-state index in [0.29, 0.717) is 33.6 Å². The van der Waals surface area contributed by atoms with Gasteiger partial charge in [-0.25, -0.2) is 4.98 Å². The second-order valence-corrected chi connectivity index (χ2v) is 9.63. The van der Waals surface area contributed by atoms with Crippen LogP contribution in [0.1, 0.15) is 53.3 Å². The highest BCUT2D eigenvalue weighted by Crippen LogP contribution is 2.26. The van der Waals surface area contributed by atoms with Crippen LogP contribution in [-0.4, -0.2) is 27.8 Å². The number of amides is 2. The topological polar surface area (TPSA) is 86.9 Å². The molecular weight excluding hydrogens is 460 g/mol. The van der Waals surface area contributed by atoms with Gasteiger partial charge in [0.25, 0.3) is 11.8 Å². The maximum absolute atomic E-state index is 12.8. The van der Waals surface area contributed by atoms with Crippen LogP contribution in [0.15, 0.2) is 66.7 Å². The van der Waals surface area contributed by atoms with E-state index in [0.717, 1.165) is 29.4 Å². The summed E-state index contributed by atoms with van der Waals surface area (Å²) < 4.78 is 0. The summed E-state index contributed by atoms with van der Waals surface area (Å²) in [5.74, 6) is 0.970. The van der Waals surface area contributed by atoms with Crippen molar-refractivity contribution in [1.82, 2.24) is 15.3 Å². The van der Waals surface area contributed by atoms with Crippen molar-refractivity contribution in [3.63, 3.8) is 0 Å². The number of benzene rings is 3. The minimum Gasteiger partial charge on any atom is -0.349 e. The van der Waals surface area contributed by atoms with E-state index in [4.69, 9.17) is 11.6 Å². The lowest BCUT2D eigenvalue weighted by Crippen LogP contribution is -2.41. The summed E-state index contributed by atoms with van der Waals surface area (Å²) in [5.41, 5.74) is 4.33. The van der Waals surface area contributed by atoms with Crippen LogP contribution in [-0.2, 0) is 0 Å². The Morgan fingerprint density at radius 1 is 0.914 bits per heavy atom. The highest BCUT2D eigenvalue weighted by Gasteiger charge is 2.23. The second-order valence-electron chi connectivity index (χ2n) is 9.20. The minimum absolute atomic E-state index is 0.0393. The maximum atomic E-state index is 12.8. The van der Waals surface area contributed by atoms with Gasteiger partial charge in [0.1, 0.15) is 5.82 Å². The van der Waals surface area contributed by atoms with Crippen LogP contribution >= 0.6 is 11.6 Å². The molecule has 6 nitrogen and oxygen atoms in total. The molecular formula is C28H27ClN4O2. The van der Waals surface area contributed by atoms with Gasteiger partial charge in [-0.15, -0.1) is 0 Å². The molecule has 2 unspecified atom stereocenters. The van der Waals surface area contributed by atoms with E-state index in [1.54, 1.807) is 24.3 Å². The number of hydrogen-bond donors (Lipinski definition) is 3. The molecule has 7 heteroatoms. The second kappa shape index (κ2) is 9.92. The van der Waals surface area contributed by atoms with Crippen molar-refractivity contribution in [3.05, 3.63) is 82.9 Å². The third-order valence-corrected chi connectivity index (χ3v) is 6.95. The standard InChI is InChI=1S/C28H27ClN4O2/c1-17-4-2-3-5-23(17)33-28(35)20-10-15-24-25(16-20)32-26(31-24)18-8-13-22(14-9-18)30-27(34)19-6-11-21(29)12-7-19/h6-17,23H,2-5H2,1H3,(H,30,34)(H,31,32)(H,33,35). The Labute approximate surface area is 209 Å². The molecule has 0 saturated heterocycles. The molecule has 0 spiro atoms. The minimum atomic E-state index is -0.202. The molecule has 0 bridgehead atoms. The molecule has 2 atom stereocenters. The Kier molecular flexibility index (Phi) is 6.55. The number of aromatic nitrogens is 2. The third kappa shape index (κ3) is 5.23. The normalized spacial score (nSPS) is 17.8. The lowest BCUT2D eigenvalue weighted by Gasteiger charge is -2.29. The lowest BCUT2D eigenvalue weighted by molar-refractivity contribution is 0.0910. The first-order valence-corrected chi connectivity index (χ1v) is 12.3. The molecule has 4 aromatic rings. The van der Waals surface area contributed by atoms with E-state index in [9.17, 15) is 9.59 Å². The van der Waals surface area contributed by atoms with Gasteiger partial charge in [-0.2, -0.15) is 0 Å². The first kappa shape index (κ1) is 23.1. The van der Waals surface area contributed by atoms with Crippen molar-refractivity contribution in [1.29, 1.82) is 0 Å². The molecule has 3 N–H and O–H groups in total. The molecule has 0 radical (unpaired) electrons. The highest BCUT2D eigenvalue weighted by atomic mass is 35.5. The van der Waals surface area contributed by atoms with Crippen molar-refractivity contribution < 1.29 is 9.59 Å². The molecule has 5 rings (SSSR count). The summed E-state index contributed by atoms with van der Waals surface area (Å²) in [6, 6.07) is 20.0. The molecule has 178 valence electrons. The van der Waals surface area contributed by atoms with Crippen molar-refractivity contribution in [2.24, 2.45) is 5.92 Å². The number of nitrogens with zero attached hydrogens (tertiary/aromatic N) is 1. The summed E-state index contributed by atoms with van der Waals surface area (Å²) in [6.45, 7) is 2.21. The first-order valence-electron chi connectivity index (χ1n) is 11.9. The van der Waals surface area contributed by atoms with Crippen LogP contribution in [0.2, 0.25) is 5.02 Å². The van der Waals surface area contributed by atoms with Gasteiger partial charge >= 0.3 is 0 Å². The average Bonchev–Trinajstić information content (AvgIpc) is 3.30. The third-order valence-electron chi connectivity index (χ3n) is 6.69. The Balaban J connectivity index is 1.28. The SMILES string of the molecule is CC1CCCCC1NC(=O)c1ccc2nc(-c3ccc(NC(=O)c4ccc(Cl)cc4)cc3)[nH]c2c1. The number of rotatable bonds is 5. The zero-order chi connectivity index (χ0) is 24.4. The van der Waals surface area contributed by atoms with Gasteiger partial charge in [0.2, 0.25) is 0 Å². The van der Waals surface area contributed by atoms with Crippen molar-refractivity contribution in [2.75, 3.05) is 5.32 Å². The first-order chi connectivity index (χ1) is 17.0. The zero-order valence-corrected chi connectivity index (χ0v) is 20.2. The number of halogens is 1. The Hall–Kier alpha value is -3.64. The number of imidazole rings is 1. The Morgan fingerprint density at radius 2 is 1.63 bits per heavy atom. The quantitative estimate of drug-likeness (QED) is 0.303. The van der Waals surface area contributed by atoms with Crippen LogP contribution in [0.3, 0.4) is 0 Å². The van der Waals surface area contributed by atoms with Crippen LogP contribution in [0.25, 0.3) is 22.4 Å². The van der Waals surface area contributed by atoms with E-state index in [1.165, 1.54) is 12.8 Å². The molecule has 1 fully saturated rings. The molecule has 1 aliphatic carbocycles. The van der Waals surface area contributed by atoms with Crippen LogP contribution in [0.4, 0.5) is 5.69 Å². The van der Waals surface area contributed by atoms with Crippen LogP contribution in [0, 0.1) is 5.92 Å². The fraction of sp³-hybridized carbons (Fsp3) is 0.250. The predicted octanol–water partition coefficient (Wildman–Crippen LogP) is 6.44. The van der Waals surface area contributed by atoms with E-state index in [2.05, 4.69) is 27.5 Å². The molecule has 1 saturated carbocycles. The Bertz CT molecular complexity index is 1360. The number of aromatic amines is 1. The number of carbonyl (C=O) groups excluding carboxylic acids is 2. The molecule has 1 aromatic heterocycles. The van der Waals surface area contributed by atoms with Gasteiger partial charge in [-0.05, 0) is 85.5 Å². The van der Waals surface area contributed by atoms with Gasteiger partial charge in [0, 0.05) is 33.4 Å². The largest absolute Gasteiger partial charge is 0.349 e. The van der Waals surface area contributed by atoms with E-state index < -0.39 is 0 Å². The summed E-state index contributed by atoms with van der Waals surface area (Å²) in [4.78, 5) is 33.3. The summed E-state index contributed by atoms with van der Waals surface area (Å²) in [5, 5.41) is 6.68. The molecule has 1 aliphatic rings. The van der Waals surface area contributed by atoms with Crippen molar-refractivity contribution in [2.45, 2.75) is 38.6 Å². The number of nitrogens with one attached hydrogen (secondary N) is 3.